The molecule has 8 heteroatoms. The summed E-state index contributed by atoms with van der Waals surface area (Å²) in [5.74, 6) is -0.601. The van der Waals surface area contributed by atoms with E-state index in [4.69, 9.17) is 0 Å². The second-order valence-corrected chi connectivity index (χ2v) is 10.6. The Kier molecular flexibility index (Phi) is 5.33. The minimum absolute atomic E-state index is 0.131. The van der Waals surface area contributed by atoms with Crippen molar-refractivity contribution < 1.29 is 19.2 Å². The number of carbonyl (C=O) groups is 4. The van der Waals surface area contributed by atoms with Crippen LogP contribution in [0.2, 0.25) is 0 Å². The number of imide groups is 2. The van der Waals surface area contributed by atoms with Crippen LogP contribution in [-0.2, 0) is 9.59 Å². The summed E-state index contributed by atoms with van der Waals surface area (Å²) in [5, 5.41) is 5.74. The molecule has 0 bridgehead atoms. The molecule has 1 aliphatic carbocycles. The maximum atomic E-state index is 13.2. The molecule has 1 aromatic rings. The Balaban J connectivity index is 1.15. The Bertz CT molecular complexity index is 1050. The lowest BCUT2D eigenvalue weighted by Gasteiger charge is -2.43. The van der Waals surface area contributed by atoms with Crippen molar-refractivity contribution in [3.8, 4) is 0 Å². The van der Waals surface area contributed by atoms with Crippen LogP contribution in [0.5, 0.6) is 0 Å². The number of fused-ring (bicyclic) bond motifs is 1. The quantitative estimate of drug-likeness (QED) is 0.660. The van der Waals surface area contributed by atoms with Gasteiger partial charge in [-0.15, -0.1) is 0 Å². The van der Waals surface area contributed by atoms with Gasteiger partial charge in [0.25, 0.3) is 11.8 Å². The molecule has 4 fully saturated rings. The average molecular weight is 465 g/mol. The SMILES string of the molecule is O=C1CCC(N2C(=O)c3ccc(C4CCN(C5(C6CCNCC6)CC5)CC4)cc3C2=O)C(=O)N1. The fourth-order valence-electron chi connectivity index (χ4n) is 6.87. The molecule has 0 radical (unpaired) electrons. The molecule has 3 saturated heterocycles. The second kappa shape index (κ2) is 8.27. The highest BCUT2D eigenvalue weighted by Gasteiger charge is 2.53. The van der Waals surface area contributed by atoms with Gasteiger partial charge < -0.3 is 5.32 Å². The number of hydrogen-bond donors (Lipinski definition) is 2. The van der Waals surface area contributed by atoms with Crippen molar-refractivity contribution in [1.82, 2.24) is 20.4 Å². The molecule has 6 rings (SSSR count). The summed E-state index contributed by atoms with van der Waals surface area (Å²) in [5.41, 5.74) is 2.29. The van der Waals surface area contributed by atoms with E-state index >= 15 is 0 Å². The maximum absolute atomic E-state index is 13.2. The highest BCUT2D eigenvalue weighted by atomic mass is 16.2. The first-order valence-electron chi connectivity index (χ1n) is 12.8. The molecule has 34 heavy (non-hydrogen) atoms. The van der Waals surface area contributed by atoms with E-state index in [1.54, 1.807) is 6.07 Å². The van der Waals surface area contributed by atoms with Crippen molar-refractivity contribution in [1.29, 1.82) is 0 Å². The van der Waals surface area contributed by atoms with Crippen molar-refractivity contribution >= 4 is 23.6 Å². The fourth-order valence-corrected chi connectivity index (χ4v) is 6.87. The van der Waals surface area contributed by atoms with Gasteiger partial charge in [-0.3, -0.25) is 34.3 Å². The van der Waals surface area contributed by atoms with Crippen molar-refractivity contribution in [2.24, 2.45) is 5.92 Å². The van der Waals surface area contributed by atoms with Gasteiger partial charge in [-0.05, 0) is 101 Å². The highest BCUT2D eigenvalue weighted by Crippen LogP contribution is 2.52. The summed E-state index contributed by atoms with van der Waals surface area (Å²) in [6.07, 6.45) is 7.65. The number of rotatable bonds is 4. The van der Waals surface area contributed by atoms with E-state index in [1.165, 1.54) is 25.7 Å². The fraction of sp³-hybridized carbons (Fsp3) is 0.615. The van der Waals surface area contributed by atoms with Gasteiger partial charge in [0.15, 0.2) is 0 Å². The topological polar surface area (TPSA) is 98.8 Å². The summed E-state index contributed by atoms with van der Waals surface area (Å²) in [6.45, 7) is 4.45. The normalized spacial score (nSPS) is 28.2. The van der Waals surface area contributed by atoms with Gasteiger partial charge in [0.1, 0.15) is 6.04 Å². The van der Waals surface area contributed by atoms with Crippen LogP contribution in [0.4, 0.5) is 0 Å². The third-order valence-corrected chi connectivity index (χ3v) is 8.92. The summed E-state index contributed by atoms with van der Waals surface area (Å²) >= 11 is 0. The molecule has 4 amide bonds. The molecule has 0 spiro atoms. The predicted octanol–water partition coefficient (Wildman–Crippen LogP) is 1.80. The molecule has 1 saturated carbocycles. The Hall–Kier alpha value is -2.58. The summed E-state index contributed by atoms with van der Waals surface area (Å²) in [4.78, 5) is 53.7. The molecule has 8 nitrogen and oxygen atoms in total. The zero-order valence-corrected chi connectivity index (χ0v) is 19.5. The molecule has 4 heterocycles. The van der Waals surface area contributed by atoms with E-state index in [0.29, 0.717) is 22.6 Å². The average Bonchev–Trinajstić information content (AvgIpc) is 3.63. The zero-order valence-electron chi connectivity index (χ0n) is 19.5. The lowest BCUT2D eigenvalue weighted by atomic mass is 9.83. The van der Waals surface area contributed by atoms with Crippen LogP contribution in [-0.4, -0.2) is 71.2 Å². The molecule has 1 aromatic carbocycles. The van der Waals surface area contributed by atoms with Crippen molar-refractivity contribution in [2.75, 3.05) is 26.2 Å². The van der Waals surface area contributed by atoms with Gasteiger partial charge in [0, 0.05) is 12.0 Å². The molecule has 1 unspecified atom stereocenters. The van der Waals surface area contributed by atoms with E-state index < -0.39 is 23.8 Å². The number of nitrogens with zero attached hydrogens (tertiary/aromatic N) is 2. The van der Waals surface area contributed by atoms with Crippen LogP contribution in [0.1, 0.15) is 83.6 Å². The Labute approximate surface area is 199 Å². The van der Waals surface area contributed by atoms with Gasteiger partial charge in [-0.1, -0.05) is 6.07 Å². The number of piperidine rings is 3. The van der Waals surface area contributed by atoms with Crippen LogP contribution in [0.25, 0.3) is 0 Å². The summed E-state index contributed by atoms with van der Waals surface area (Å²) < 4.78 is 0. The van der Waals surface area contributed by atoms with Crippen LogP contribution in [0.3, 0.4) is 0 Å². The van der Waals surface area contributed by atoms with E-state index in [0.717, 1.165) is 55.4 Å². The lowest BCUT2D eigenvalue weighted by Crippen LogP contribution is -2.54. The minimum Gasteiger partial charge on any atom is -0.317 e. The number of carbonyl (C=O) groups excluding carboxylic acids is 4. The van der Waals surface area contributed by atoms with Crippen molar-refractivity contribution in [3.05, 3.63) is 34.9 Å². The lowest BCUT2D eigenvalue weighted by molar-refractivity contribution is -0.136. The number of amides is 4. The molecular formula is C26H32N4O4. The maximum Gasteiger partial charge on any atom is 0.262 e. The monoisotopic (exact) mass is 464 g/mol. The third kappa shape index (κ3) is 3.50. The predicted molar refractivity (Wildman–Crippen MR) is 124 cm³/mol. The zero-order chi connectivity index (χ0) is 23.4. The molecule has 5 aliphatic rings. The van der Waals surface area contributed by atoms with Crippen LogP contribution in [0.15, 0.2) is 18.2 Å². The number of nitrogens with one attached hydrogen (secondary N) is 2. The van der Waals surface area contributed by atoms with E-state index in [-0.39, 0.29) is 18.7 Å². The van der Waals surface area contributed by atoms with Crippen molar-refractivity contribution in [2.45, 2.75) is 68.9 Å². The molecular weight excluding hydrogens is 432 g/mol. The number of hydrogen-bond acceptors (Lipinski definition) is 6. The Morgan fingerprint density at radius 2 is 1.56 bits per heavy atom. The van der Waals surface area contributed by atoms with Gasteiger partial charge in [-0.2, -0.15) is 0 Å². The first-order valence-corrected chi connectivity index (χ1v) is 12.8. The van der Waals surface area contributed by atoms with Crippen molar-refractivity contribution in [3.63, 3.8) is 0 Å². The summed E-state index contributed by atoms with van der Waals surface area (Å²) in [7, 11) is 0. The number of likely N-dealkylation sites (tertiary alicyclic amines) is 1. The molecule has 0 aromatic heterocycles. The van der Waals surface area contributed by atoms with E-state index in [1.807, 2.05) is 12.1 Å². The second-order valence-electron chi connectivity index (χ2n) is 10.6. The van der Waals surface area contributed by atoms with Gasteiger partial charge >= 0.3 is 0 Å². The first-order chi connectivity index (χ1) is 16.5. The van der Waals surface area contributed by atoms with E-state index in [2.05, 4.69) is 15.5 Å². The molecule has 4 aliphatic heterocycles. The highest BCUT2D eigenvalue weighted by molar-refractivity contribution is 6.23. The molecule has 1 atom stereocenters. The Morgan fingerprint density at radius 3 is 2.24 bits per heavy atom. The molecule has 2 N–H and O–H groups in total. The van der Waals surface area contributed by atoms with Gasteiger partial charge in [0.05, 0.1) is 11.1 Å². The largest absolute Gasteiger partial charge is 0.317 e. The van der Waals surface area contributed by atoms with Crippen LogP contribution < -0.4 is 10.6 Å². The first kappa shape index (κ1) is 21.9. The Morgan fingerprint density at radius 1 is 0.853 bits per heavy atom. The van der Waals surface area contributed by atoms with Gasteiger partial charge in [0.2, 0.25) is 11.8 Å². The standard InChI is InChI=1S/C26H32N4O4/c31-22-4-3-21(23(32)28-22)30-24(33)19-2-1-17(15-20(19)25(30)34)16-7-13-29(14-8-16)26(9-10-26)18-5-11-27-12-6-18/h1-2,15-16,18,21,27H,3-14H2,(H,28,31,32). The molecule has 180 valence electrons. The summed E-state index contributed by atoms with van der Waals surface area (Å²) in [6, 6.07) is 4.70. The van der Waals surface area contributed by atoms with Crippen LogP contribution >= 0.6 is 0 Å². The third-order valence-electron chi connectivity index (χ3n) is 8.92. The minimum atomic E-state index is -0.915. The number of benzene rings is 1. The van der Waals surface area contributed by atoms with Crippen LogP contribution in [0, 0.1) is 5.92 Å². The van der Waals surface area contributed by atoms with E-state index in [9.17, 15) is 19.2 Å². The van der Waals surface area contributed by atoms with Gasteiger partial charge in [-0.25, -0.2) is 0 Å². The smallest absolute Gasteiger partial charge is 0.262 e.